The monoisotopic (exact) mass is 255 g/mol. The molecule has 3 heteroatoms. The SMILES string of the molecule is CCC1=C2C(=O)N(Cc3ccccc3CC2C)C1=O. The summed E-state index contributed by atoms with van der Waals surface area (Å²) in [6.07, 6.45) is 1.47. The van der Waals surface area contributed by atoms with Crippen molar-refractivity contribution in [2.45, 2.75) is 33.2 Å². The molecular weight excluding hydrogens is 238 g/mol. The van der Waals surface area contributed by atoms with Crippen molar-refractivity contribution >= 4 is 11.8 Å². The van der Waals surface area contributed by atoms with Gasteiger partial charge in [-0.25, -0.2) is 0 Å². The fraction of sp³-hybridized carbons (Fsp3) is 0.375. The van der Waals surface area contributed by atoms with Crippen LogP contribution in [0.2, 0.25) is 0 Å². The highest BCUT2D eigenvalue weighted by Crippen LogP contribution is 2.34. The van der Waals surface area contributed by atoms with E-state index in [-0.39, 0.29) is 17.7 Å². The molecule has 0 aromatic heterocycles. The maximum atomic E-state index is 12.4. The molecule has 2 amide bonds. The molecule has 0 saturated heterocycles. The number of hydrogen-bond donors (Lipinski definition) is 0. The number of hydrogen-bond acceptors (Lipinski definition) is 2. The molecule has 1 aromatic carbocycles. The molecule has 2 aliphatic rings. The van der Waals surface area contributed by atoms with Crippen LogP contribution in [0.15, 0.2) is 35.4 Å². The zero-order chi connectivity index (χ0) is 13.6. The Morgan fingerprint density at radius 2 is 1.84 bits per heavy atom. The number of imide groups is 1. The Kier molecular flexibility index (Phi) is 2.77. The summed E-state index contributed by atoms with van der Waals surface area (Å²) in [7, 11) is 0. The molecule has 2 heterocycles. The summed E-state index contributed by atoms with van der Waals surface area (Å²) in [5.74, 6) is -0.0623. The summed E-state index contributed by atoms with van der Waals surface area (Å²) in [6, 6.07) is 8.09. The van der Waals surface area contributed by atoms with Gasteiger partial charge >= 0.3 is 0 Å². The number of rotatable bonds is 1. The van der Waals surface area contributed by atoms with Gasteiger partial charge in [0.05, 0.1) is 6.54 Å². The number of fused-ring (bicyclic) bond motifs is 3. The largest absolute Gasteiger partial charge is 0.270 e. The highest BCUT2D eigenvalue weighted by Gasteiger charge is 2.40. The van der Waals surface area contributed by atoms with Crippen molar-refractivity contribution in [3.63, 3.8) is 0 Å². The van der Waals surface area contributed by atoms with Crippen molar-refractivity contribution in [2.75, 3.05) is 0 Å². The summed E-state index contributed by atoms with van der Waals surface area (Å²) in [4.78, 5) is 26.1. The van der Waals surface area contributed by atoms with Crippen molar-refractivity contribution in [3.8, 4) is 0 Å². The normalized spacial score (nSPS) is 22.4. The van der Waals surface area contributed by atoms with E-state index in [9.17, 15) is 9.59 Å². The lowest BCUT2D eigenvalue weighted by Crippen LogP contribution is -2.33. The molecule has 0 N–H and O–H groups in total. The quantitative estimate of drug-likeness (QED) is 0.723. The van der Waals surface area contributed by atoms with Crippen LogP contribution in [0.5, 0.6) is 0 Å². The average Bonchev–Trinajstić information content (AvgIpc) is 2.65. The van der Waals surface area contributed by atoms with Gasteiger partial charge in [0, 0.05) is 11.1 Å². The molecule has 2 bridgehead atoms. The Morgan fingerprint density at radius 3 is 2.53 bits per heavy atom. The topological polar surface area (TPSA) is 37.4 Å². The van der Waals surface area contributed by atoms with Gasteiger partial charge in [-0.2, -0.15) is 0 Å². The molecule has 98 valence electrons. The van der Waals surface area contributed by atoms with Crippen LogP contribution in [-0.2, 0) is 22.6 Å². The second kappa shape index (κ2) is 4.34. The Balaban J connectivity index is 2.14. The first kappa shape index (κ1) is 12.2. The van der Waals surface area contributed by atoms with E-state index in [0.717, 1.165) is 17.6 Å². The minimum atomic E-state index is -0.0916. The van der Waals surface area contributed by atoms with Crippen LogP contribution in [0.4, 0.5) is 0 Å². The molecule has 3 nitrogen and oxygen atoms in total. The third kappa shape index (κ3) is 1.72. The van der Waals surface area contributed by atoms with E-state index in [2.05, 4.69) is 6.07 Å². The third-order valence-electron chi connectivity index (χ3n) is 4.12. The maximum absolute atomic E-state index is 12.4. The van der Waals surface area contributed by atoms with Crippen LogP contribution >= 0.6 is 0 Å². The lowest BCUT2D eigenvalue weighted by Gasteiger charge is -2.23. The highest BCUT2D eigenvalue weighted by molar-refractivity contribution is 6.19. The zero-order valence-corrected chi connectivity index (χ0v) is 11.3. The molecule has 1 unspecified atom stereocenters. The van der Waals surface area contributed by atoms with Gasteiger partial charge in [0.2, 0.25) is 0 Å². The molecule has 19 heavy (non-hydrogen) atoms. The first-order valence-corrected chi connectivity index (χ1v) is 6.79. The van der Waals surface area contributed by atoms with Crippen LogP contribution in [0.25, 0.3) is 0 Å². The predicted octanol–water partition coefficient (Wildman–Crippen LogP) is 2.45. The van der Waals surface area contributed by atoms with E-state index in [4.69, 9.17) is 0 Å². The third-order valence-corrected chi connectivity index (χ3v) is 4.12. The zero-order valence-electron chi connectivity index (χ0n) is 11.3. The summed E-state index contributed by atoms with van der Waals surface area (Å²) in [5, 5.41) is 0. The van der Waals surface area contributed by atoms with E-state index < -0.39 is 0 Å². The smallest absolute Gasteiger partial charge is 0.257 e. The van der Waals surface area contributed by atoms with Crippen LogP contribution in [0, 0.1) is 5.92 Å². The summed E-state index contributed by atoms with van der Waals surface area (Å²) in [5.41, 5.74) is 3.79. The lowest BCUT2D eigenvalue weighted by atomic mass is 9.88. The number of carbonyl (C=O) groups excluding carboxylic acids is 2. The van der Waals surface area contributed by atoms with Gasteiger partial charge in [-0.05, 0) is 29.9 Å². The average molecular weight is 255 g/mol. The van der Waals surface area contributed by atoms with Crippen LogP contribution in [-0.4, -0.2) is 16.7 Å². The fourth-order valence-electron chi connectivity index (χ4n) is 3.15. The van der Waals surface area contributed by atoms with Crippen molar-refractivity contribution in [2.24, 2.45) is 5.92 Å². The van der Waals surface area contributed by atoms with Gasteiger partial charge in [0.15, 0.2) is 0 Å². The van der Waals surface area contributed by atoms with Gasteiger partial charge < -0.3 is 0 Å². The van der Waals surface area contributed by atoms with Crippen molar-refractivity contribution in [1.29, 1.82) is 0 Å². The van der Waals surface area contributed by atoms with Crippen molar-refractivity contribution in [1.82, 2.24) is 4.90 Å². The molecule has 2 aliphatic heterocycles. The first-order valence-electron chi connectivity index (χ1n) is 6.79. The van der Waals surface area contributed by atoms with Gasteiger partial charge in [-0.3, -0.25) is 14.5 Å². The van der Waals surface area contributed by atoms with Gasteiger partial charge in [0.1, 0.15) is 0 Å². The fourth-order valence-corrected chi connectivity index (χ4v) is 3.15. The van der Waals surface area contributed by atoms with Crippen molar-refractivity contribution < 1.29 is 9.59 Å². The van der Waals surface area contributed by atoms with Crippen molar-refractivity contribution in [3.05, 3.63) is 46.5 Å². The number of carbonyl (C=O) groups is 2. The van der Waals surface area contributed by atoms with E-state index in [1.54, 1.807) is 0 Å². The Bertz CT molecular complexity index is 601. The Hall–Kier alpha value is -1.90. The summed E-state index contributed by atoms with van der Waals surface area (Å²) < 4.78 is 0. The van der Waals surface area contributed by atoms with Crippen LogP contribution < -0.4 is 0 Å². The van der Waals surface area contributed by atoms with Gasteiger partial charge in [-0.15, -0.1) is 0 Å². The van der Waals surface area contributed by atoms with E-state index in [1.165, 1.54) is 10.5 Å². The van der Waals surface area contributed by atoms with E-state index in [1.807, 2.05) is 32.0 Å². The predicted molar refractivity (Wildman–Crippen MR) is 72.2 cm³/mol. The first-order chi connectivity index (χ1) is 9.13. The number of nitrogens with zero attached hydrogens (tertiary/aromatic N) is 1. The van der Waals surface area contributed by atoms with Crippen LogP contribution in [0.3, 0.4) is 0 Å². The number of benzene rings is 1. The Morgan fingerprint density at radius 1 is 1.16 bits per heavy atom. The molecule has 3 rings (SSSR count). The maximum Gasteiger partial charge on any atom is 0.257 e. The molecule has 0 fully saturated rings. The standard InChI is InChI=1S/C16H17NO2/c1-3-13-14-10(2)8-11-6-4-5-7-12(11)9-17(15(13)18)16(14)19/h4-7,10H,3,8-9H2,1-2H3. The van der Waals surface area contributed by atoms with Crippen LogP contribution in [0.1, 0.15) is 31.4 Å². The van der Waals surface area contributed by atoms with E-state index in [0.29, 0.717) is 18.5 Å². The molecule has 1 atom stereocenters. The molecular formula is C16H17NO2. The molecule has 0 spiro atoms. The summed E-state index contributed by atoms with van der Waals surface area (Å²) in [6.45, 7) is 4.40. The molecule has 0 saturated carbocycles. The molecule has 0 radical (unpaired) electrons. The van der Waals surface area contributed by atoms with Gasteiger partial charge in [0.25, 0.3) is 11.8 Å². The van der Waals surface area contributed by atoms with E-state index >= 15 is 0 Å². The minimum Gasteiger partial charge on any atom is -0.270 e. The molecule has 0 aliphatic carbocycles. The Labute approximate surface area is 112 Å². The highest BCUT2D eigenvalue weighted by atomic mass is 16.2. The second-order valence-electron chi connectivity index (χ2n) is 5.32. The van der Waals surface area contributed by atoms with Gasteiger partial charge in [-0.1, -0.05) is 38.1 Å². The molecule has 1 aromatic rings. The number of amides is 2. The second-order valence-corrected chi connectivity index (χ2v) is 5.32. The lowest BCUT2D eigenvalue weighted by molar-refractivity contribution is -0.138. The summed E-state index contributed by atoms with van der Waals surface area (Å²) >= 11 is 0. The minimum absolute atomic E-state index is 0.0798.